The summed E-state index contributed by atoms with van der Waals surface area (Å²) in [6.07, 6.45) is 3.43. The van der Waals surface area contributed by atoms with Gasteiger partial charge in [0.1, 0.15) is 0 Å². The summed E-state index contributed by atoms with van der Waals surface area (Å²) in [5, 5.41) is 0. The minimum absolute atomic E-state index is 0.230. The maximum Gasteiger partial charge on any atom is 0.0471 e. The summed E-state index contributed by atoms with van der Waals surface area (Å²) < 4.78 is 5.45. The molecule has 0 spiro atoms. The van der Waals surface area contributed by atoms with Crippen LogP contribution in [0.1, 0.15) is 40.0 Å². The zero-order valence-corrected chi connectivity index (χ0v) is 9.28. The molecule has 0 saturated carbocycles. The van der Waals surface area contributed by atoms with Crippen LogP contribution in [-0.2, 0) is 4.74 Å². The van der Waals surface area contributed by atoms with Gasteiger partial charge in [-0.3, -0.25) is 0 Å². The fraction of sp³-hybridized carbons (Fsp3) is 1.00. The van der Waals surface area contributed by atoms with Gasteiger partial charge in [0.25, 0.3) is 0 Å². The summed E-state index contributed by atoms with van der Waals surface area (Å²) >= 11 is 5.78. The van der Waals surface area contributed by atoms with Crippen molar-refractivity contribution in [2.45, 2.75) is 40.0 Å². The summed E-state index contributed by atoms with van der Waals surface area (Å²) in [7, 11) is 0. The van der Waals surface area contributed by atoms with Gasteiger partial charge in [-0.25, -0.2) is 0 Å². The molecule has 1 nitrogen and oxygen atoms in total. The van der Waals surface area contributed by atoms with Gasteiger partial charge in [-0.1, -0.05) is 27.2 Å². The first-order valence-corrected chi connectivity index (χ1v) is 5.29. The Hall–Kier alpha value is 0.250. The summed E-state index contributed by atoms with van der Waals surface area (Å²) in [4.78, 5) is 0. The second-order valence-electron chi connectivity index (χ2n) is 4.01. The van der Waals surface area contributed by atoms with Crippen molar-refractivity contribution >= 4 is 11.6 Å². The van der Waals surface area contributed by atoms with E-state index in [-0.39, 0.29) is 5.41 Å². The van der Waals surface area contributed by atoms with E-state index in [4.69, 9.17) is 16.3 Å². The monoisotopic (exact) mass is 192 g/mol. The summed E-state index contributed by atoms with van der Waals surface area (Å²) in [5.41, 5.74) is 0.230. The summed E-state index contributed by atoms with van der Waals surface area (Å²) in [6, 6.07) is 0. The molecule has 0 aromatic heterocycles. The van der Waals surface area contributed by atoms with Crippen molar-refractivity contribution in [2.75, 3.05) is 19.1 Å². The minimum atomic E-state index is 0.230. The van der Waals surface area contributed by atoms with Crippen molar-refractivity contribution in [3.05, 3.63) is 0 Å². The van der Waals surface area contributed by atoms with E-state index >= 15 is 0 Å². The Morgan fingerprint density at radius 2 is 1.92 bits per heavy atom. The molecule has 0 amide bonds. The van der Waals surface area contributed by atoms with E-state index < -0.39 is 0 Å². The van der Waals surface area contributed by atoms with Gasteiger partial charge in [-0.05, 0) is 18.3 Å². The lowest BCUT2D eigenvalue weighted by atomic mass is 9.93. The fourth-order valence-corrected chi connectivity index (χ4v) is 0.897. The average Bonchev–Trinajstić information content (AvgIpc) is 2.04. The van der Waals surface area contributed by atoms with Gasteiger partial charge in [0, 0.05) is 19.1 Å². The zero-order chi connectivity index (χ0) is 9.45. The average molecular weight is 193 g/mol. The molecule has 0 aromatic carbocycles. The van der Waals surface area contributed by atoms with Gasteiger partial charge < -0.3 is 4.74 Å². The molecule has 0 N–H and O–H groups in total. The first-order valence-electron chi connectivity index (χ1n) is 4.76. The van der Waals surface area contributed by atoms with E-state index in [2.05, 4.69) is 20.8 Å². The quantitative estimate of drug-likeness (QED) is 0.444. The predicted molar refractivity (Wildman–Crippen MR) is 54.8 cm³/mol. The number of unbranched alkanes of at least 4 members (excludes halogenated alkanes) is 1. The van der Waals surface area contributed by atoms with E-state index in [0.717, 1.165) is 19.6 Å². The van der Waals surface area contributed by atoms with Crippen LogP contribution < -0.4 is 0 Å². The van der Waals surface area contributed by atoms with Gasteiger partial charge >= 0.3 is 0 Å². The number of halogens is 1. The fourth-order valence-electron chi connectivity index (χ4n) is 0.764. The molecule has 0 saturated heterocycles. The second kappa shape index (κ2) is 6.73. The third-order valence-corrected chi connectivity index (χ3v) is 2.65. The molecule has 0 aliphatic heterocycles. The molecule has 0 rings (SSSR count). The summed E-state index contributed by atoms with van der Waals surface area (Å²) in [6.45, 7) is 8.26. The van der Waals surface area contributed by atoms with Crippen LogP contribution in [0.3, 0.4) is 0 Å². The predicted octanol–water partition coefficient (Wildman–Crippen LogP) is 3.46. The maximum atomic E-state index is 5.78. The molecule has 0 atom stereocenters. The standard InChI is InChI=1S/C10H21ClO/c1-4-5-7-12-8-6-10(2,3)9-11/h4-9H2,1-3H3. The normalized spacial score (nSPS) is 12.0. The van der Waals surface area contributed by atoms with Crippen LogP contribution >= 0.6 is 11.6 Å². The highest BCUT2D eigenvalue weighted by Gasteiger charge is 2.15. The number of ether oxygens (including phenoxy) is 1. The highest BCUT2D eigenvalue weighted by Crippen LogP contribution is 2.21. The van der Waals surface area contributed by atoms with Crippen molar-refractivity contribution in [3.63, 3.8) is 0 Å². The molecule has 0 bridgehead atoms. The van der Waals surface area contributed by atoms with Crippen molar-refractivity contribution in [3.8, 4) is 0 Å². The molecular weight excluding hydrogens is 172 g/mol. The van der Waals surface area contributed by atoms with Crippen LogP contribution in [0.4, 0.5) is 0 Å². The Morgan fingerprint density at radius 1 is 1.25 bits per heavy atom. The Morgan fingerprint density at radius 3 is 2.42 bits per heavy atom. The Bertz CT molecular complexity index is 102. The smallest absolute Gasteiger partial charge is 0.0471 e. The molecule has 74 valence electrons. The molecule has 2 heteroatoms. The van der Waals surface area contributed by atoms with Crippen LogP contribution in [0.25, 0.3) is 0 Å². The molecule has 12 heavy (non-hydrogen) atoms. The van der Waals surface area contributed by atoms with E-state index in [1.807, 2.05) is 0 Å². The zero-order valence-electron chi connectivity index (χ0n) is 8.53. The number of rotatable bonds is 7. The lowest BCUT2D eigenvalue weighted by Crippen LogP contribution is -2.16. The van der Waals surface area contributed by atoms with Gasteiger partial charge in [0.05, 0.1) is 0 Å². The molecule has 0 unspecified atom stereocenters. The molecule has 0 aliphatic carbocycles. The highest BCUT2D eigenvalue weighted by atomic mass is 35.5. The van der Waals surface area contributed by atoms with E-state index in [9.17, 15) is 0 Å². The third kappa shape index (κ3) is 6.93. The SMILES string of the molecule is CCCCOCCC(C)(C)CCl. The molecule has 0 aliphatic rings. The van der Waals surface area contributed by atoms with E-state index in [0.29, 0.717) is 5.88 Å². The Labute approximate surface area is 81.4 Å². The first-order chi connectivity index (χ1) is 5.62. The number of hydrogen-bond donors (Lipinski definition) is 0. The topological polar surface area (TPSA) is 9.23 Å². The van der Waals surface area contributed by atoms with E-state index in [1.165, 1.54) is 12.8 Å². The number of hydrogen-bond acceptors (Lipinski definition) is 1. The number of alkyl halides is 1. The Kier molecular flexibility index (Phi) is 6.87. The largest absolute Gasteiger partial charge is 0.381 e. The molecule has 0 radical (unpaired) electrons. The van der Waals surface area contributed by atoms with Gasteiger partial charge in [-0.15, -0.1) is 11.6 Å². The van der Waals surface area contributed by atoms with Crippen LogP contribution in [0.5, 0.6) is 0 Å². The molecule has 0 heterocycles. The van der Waals surface area contributed by atoms with Crippen LogP contribution in [-0.4, -0.2) is 19.1 Å². The summed E-state index contributed by atoms with van der Waals surface area (Å²) in [5.74, 6) is 0.712. The third-order valence-electron chi connectivity index (χ3n) is 1.93. The minimum Gasteiger partial charge on any atom is -0.381 e. The maximum absolute atomic E-state index is 5.78. The van der Waals surface area contributed by atoms with Gasteiger partial charge in [0.2, 0.25) is 0 Å². The van der Waals surface area contributed by atoms with Crippen molar-refractivity contribution in [2.24, 2.45) is 5.41 Å². The molecule has 0 fully saturated rings. The lowest BCUT2D eigenvalue weighted by molar-refractivity contribution is 0.107. The van der Waals surface area contributed by atoms with Crippen LogP contribution in [0.2, 0.25) is 0 Å². The van der Waals surface area contributed by atoms with Crippen molar-refractivity contribution in [1.82, 2.24) is 0 Å². The van der Waals surface area contributed by atoms with Gasteiger partial charge in [0.15, 0.2) is 0 Å². The van der Waals surface area contributed by atoms with Crippen molar-refractivity contribution < 1.29 is 4.74 Å². The van der Waals surface area contributed by atoms with Crippen molar-refractivity contribution in [1.29, 1.82) is 0 Å². The highest BCUT2D eigenvalue weighted by molar-refractivity contribution is 6.18. The Balaban J connectivity index is 3.19. The van der Waals surface area contributed by atoms with Crippen LogP contribution in [0, 0.1) is 5.41 Å². The van der Waals surface area contributed by atoms with Crippen LogP contribution in [0.15, 0.2) is 0 Å². The lowest BCUT2D eigenvalue weighted by Gasteiger charge is -2.20. The van der Waals surface area contributed by atoms with E-state index in [1.54, 1.807) is 0 Å². The second-order valence-corrected chi connectivity index (χ2v) is 4.28. The first kappa shape index (κ1) is 12.2. The van der Waals surface area contributed by atoms with Gasteiger partial charge in [-0.2, -0.15) is 0 Å². The molecule has 0 aromatic rings. The molecular formula is C10H21ClO.